The van der Waals surface area contributed by atoms with Gasteiger partial charge in [0.15, 0.2) is 0 Å². The third-order valence-corrected chi connectivity index (χ3v) is 4.18. The first-order chi connectivity index (χ1) is 9.56. The van der Waals surface area contributed by atoms with Crippen LogP contribution in [0, 0.1) is 0 Å². The molecule has 0 aliphatic heterocycles. The van der Waals surface area contributed by atoms with E-state index >= 15 is 0 Å². The van der Waals surface area contributed by atoms with Crippen LogP contribution in [0.1, 0.15) is 37.0 Å². The van der Waals surface area contributed by atoms with Crippen LogP contribution in [-0.2, 0) is 7.05 Å². The molecule has 1 aromatic heterocycles. The number of nitrogens with zero attached hydrogens (tertiary/aromatic N) is 1. The number of hydrogen-bond donors (Lipinski definition) is 2. The van der Waals surface area contributed by atoms with E-state index in [0.29, 0.717) is 18.4 Å². The molecule has 0 spiro atoms. The smallest absolute Gasteiger partial charge is 0.253 e. The number of benzene rings is 1. The molecule has 0 aliphatic rings. The van der Waals surface area contributed by atoms with Crippen molar-refractivity contribution < 1.29 is 9.90 Å². The maximum absolute atomic E-state index is 12.5. The Balaban J connectivity index is 2.37. The molecule has 0 fully saturated rings. The summed E-state index contributed by atoms with van der Waals surface area (Å²) in [5.41, 5.74) is 1.15. The summed E-state index contributed by atoms with van der Waals surface area (Å²) in [5.74, 6) is -0.125. The van der Waals surface area contributed by atoms with E-state index in [4.69, 9.17) is 0 Å². The van der Waals surface area contributed by atoms with Gasteiger partial charge in [0.1, 0.15) is 0 Å². The average Bonchev–Trinajstić information content (AvgIpc) is 2.83. The van der Waals surface area contributed by atoms with Gasteiger partial charge in [-0.25, -0.2) is 0 Å². The van der Waals surface area contributed by atoms with E-state index in [1.807, 2.05) is 55.9 Å². The lowest BCUT2D eigenvalue weighted by atomic mass is 9.93. The van der Waals surface area contributed by atoms with Crippen molar-refractivity contribution in [2.24, 2.45) is 7.05 Å². The summed E-state index contributed by atoms with van der Waals surface area (Å²) in [5, 5.41) is 13.5. The first-order valence-corrected chi connectivity index (χ1v) is 7.04. The van der Waals surface area contributed by atoms with Crippen LogP contribution in [0.2, 0.25) is 0 Å². The first kappa shape index (κ1) is 14.6. The molecule has 4 nitrogen and oxygen atoms in total. The van der Waals surface area contributed by atoms with Crippen molar-refractivity contribution in [1.82, 2.24) is 9.88 Å². The summed E-state index contributed by atoms with van der Waals surface area (Å²) in [7, 11) is 1.93. The molecule has 0 aliphatic carbocycles. The summed E-state index contributed by atoms with van der Waals surface area (Å²) in [6, 6.07) is 7.83. The van der Waals surface area contributed by atoms with Crippen LogP contribution < -0.4 is 5.32 Å². The van der Waals surface area contributed by atoms with Gasteiger partial charge in [-0.2, -0.15) is 0 Å². The zero-order valence-corrected chi connectivity index (χ0v) is 12.3. The zero-order valence-electron chi connectivity index (χ0n) is 12.3. The lowest BCUT2D eigenvalue weighted by molar-refractivity contribution is 0.0819. The third kappa shape index (κ3) is 2.43. The fourth-order valence-corrected chi connectivity index (χ4v) is 2.52. The number of amides is 1. The van der Waals surface area contributed by atoms with Gasteiger partial charge in [-0.15, -0.1) is 0 Å². The number of rotatable bonds is 5. The largest absolute Gasteiger partial charge is 0.394 e. The van der Waals surface area contributed by atoms with E-state index < -0.39 is 5.54 Å². The highest BCUT2D eigenvalue weighted by molar-refractivity contribution is 6.07. The molecule has 0 unspecified atom stereocenters. The highest BCUT2D eigenvalue weighted by atomic mass is 16.3. The van der Waals surface area contributed by atoms with Gasteiger partial charge in [0.2, 0.25) is 0 Å². The number of para-hydroxylation sites is 1. The lowest BCUT2D eigenvalue weighted by Gasteiger charge is -2.30. The van der Waals surface area contributed by atoms with Gasteiger partial charge in [0, 0.05) is 24.1 Å². The number of nitrogens with one attached hydrogen (secondary N) is 1. The van der Waals surface area contributed by atoms with Gasteiger partial charge < -0.3 is 15.0 Å². The van der Waals surface area contributed by atoms with Crippen molar-refractivity contribution in [3.8, 4) is 0 Å². The van der Waals surface area contributed by atoms with Gasteiger partial charge in [0.05, 0.1) is 17.7 Å². The molecule has 1 amide bonds. The summed E-state index contributed by atoms with van der Waals surface area (Å²) >= 11 is 0. The van der Waals surface area contributed by atoms with E-state index in [0.717, 1.165) is 10.9 Å². The highest BCUT2D eigenvalue weighted by Gasteiger charge is 2.28. The molecule has 0 saturated carbocycles. The normalized spacial score (nSPS) is 11.8. The van der Waals surface area contributed by atoms with Gasteiger partial charge in [-0.05, 0) is 18.9 Å². The maximum Gasteiger partial charge on any atom is 0.253 e. The molecule has 108 valence electrons. The van der Waals surface area contributed by atoms with Gasteiger partial charge >= 0.3 is 0 Å². The van der Waals surface area contributed by atoms with Crippen molar-refractivity contribution in [1.29, 1.82) is 0 Å². The lowest BCUT2D eigenvalue weighted by Crippen LogP contribution is -2.50. The fourth-order valence-electron chi connectivity index (χ4n) is 2.52. The maximum atomic E-state index is 12.5. The summed E-state index contributed by atoms with van der Waals surface area (Å²) in [4.78, 5) is 12.5. The van der Waals surface area contributed by atoms with Crippen molar-refractivity contribution in [2.45, 2.75) is 32.2 Å². The Morgan fingerprint density at radius 1 is 1.30 bits per heavy atom. The molecule has 2 N–H and O–H groups in total. The third-order valence-electron chi connectivity index (χ3n) is 4.18. The fraction of sp³-hybridized carbons (Fsp3) is 0.438. The Hall–Kier alpha value is -1.81. The quantitative estimate of drug-likeness (QED) is 0.880. The van der Waals surface area contributed by atoms with Crippen LogP contribution >= 0.6 is 0 Å². The summed E-state index contributed by atoms with van der Waals surface area (Å²) < 4.78 is 1.95. The number of carbonyl (C=O) groups excluding carboxylic acids is 1. The first-order valence-electron chi connectivity index (χ1n) is 7.04. The van der Waals surface area contributed by atoms with Crippen LogP contribution in [0.4, 0.5) is 0 Å². The second-order valence-electron chi connectivity index (χ2n) is 5.27. The molecule has 1 aromatic carbocycles. The number of aromatic nitrogens is 1. The number of fused-ring (bicyclic) bond motifs is 1. The summed E-state index contributed by atoms with van der Waals surface area (Å²) in [6.07, 6.45) is 3.25. The monoisotopic (exact) mass is 274 g/mol. The molecular formula is C16H22N2O2. The second kappa shape index (κ2) is 5.67. The standard InChI is InChI=1S/C16H22N2O2/c1-4-16(5-2,11-19)17-15(20)13-10-18(3)14-9-7-6-8-12(13)14/h6-10,19H,4-5,11H2,1-3H3,(H,17,20). The molecule has 20 heavy (non-hydrogen) atoms. The number of aliphatic hydroxyl groups excluding tert-OH is 1. The molecule has 0 radical (unpaired) electrons. The van der Waals surface area contributed by atoms with Crippen LogP contribution in [0.25, 0.3) is 10.9 Å². The van der Waals surface area contributed by atoms with Crippen molar-refractivity contribution in [2.75, 3.05) is 6.61 Å². The van der Waals surface area contributed by atoms with Crippen molar-refractivity contribution in [3.05, 3.63) is 36.0 Å². The Labute approximate surface area is 119 Å². The van der Waals surface area contributed by atoms with Crippen molar-refractivity contribution in [3.63, 3.8) is 0 Å². The topological polar surface area (TPSA) is 54.3 Å². The number of carbonyl (C=O) groups is 1. The molecule has 4 heteroatoms. The molecule has 0 bridgehead atoms. The van der Waals surface area contributed by atoms with E-state index in [2.05, 4.69) is 5.32 Å². The minimum Gasteiger partial charge on any atom is -0.394 e. The van der Waals surface area contributed by atoms with Crippen LogP contribution in [0.15, 0.2) is 30.5 Å². The van der Waals surface area contributed by atoms with E-state index in [-0.39, 0.29) is 12.5 Å². The zero-order chi connectivity index (χ0) is 14.8. The Morgan fingerprint density at radius 3 is 2.55 bits per heavy atom. The second-order valence-corrected chi connectivity index (χ2v) is 5.27. The molecule has 2 aromatic rings. The molecule has 0 atom stereocenters. The van der Waals surface area contributed by atoms with Crippen molar-refractivity contribution >= 4 is 16.8 Å². The molecule has 0 saturated heterocycles. The van der Waals surface area contributed by atoms with Crippen LogP contribution in [0.3, 0.4) is 0 Å². The van der Waals surface area contributed by atoms with Crippen LogP contribution in [-0.4, -0.2) is 27.7 Å². The van der Waals surface area contributed by atoms with Gasteiger partial charge in [-0.1, -0.05) is 32.0 Å². The number of hydrogen-bond acceptors (Lipinski definition) is 2. The Bertz CT molecular complexity index is 604. The van der Waals surface area contributed by atoms with E-state index in [1.165, 1.54) is 0 Å². The highest BCUT2D eigenvalue weighted by Crippen LogP contribution is 2.22. The van der Waals surface area contributed by atoms with Gasteiger partial charge in [0.25, 0.3) is 5.91 Å². The molecule has 1 heterocycles. The molecular weight excluding hydrogens is 252 g/mol. The predicted octanol–water partition coefficient (Wildman–Crippen LogP) is 2.46. The van der Waals surface area contributed by atoms with E-state index in [9.17, 15) is 9.90 Å². The summed E-state index contributed by atoms with van der Waals surface area (Å²) in [6.45, 7) is 3.91. The molecule has 2 rings (SSSR count). The van der Waals surface area contributed by atoms with Crippen LogP contribution in [0.5, 0.6) is 0 Å². The van der Waals surface area contributed by atoms with Gasteiger partial charge in [-0.3, -0.25) is 4.79 Å². The Morgan fingerprint density at radius 2 is 1.95 bits per heavy atom. The van der Waals surface area contributed by atoms with E-state index in [1.54, 1.807) is 0 Å². The SMILES string of the molecule is CCC(CC)(CO)NC(=O)c1cn(C)c2ccccc12. The number of aliphatic hydroxyl groups is 1. The minimum absolute atomic E-state index is 0.0451. The predicted molar refractivity (Wildman–Crippen MR) is 80.8 cm³/mol. The average molecular weight is 274 g/mol. The Kier molecular flexibility index (Phi) is 4.14. The minimum atomic E-state index is -0.534. The number of aryl methyl sites for hydroxylation is 1.